The van der Waals surface area contributed by atoms with Gasteiger partial charge in [-0.3, -0.25) is 0 Å². The van der Waals surface area contributed by atoms with Gasteiger partial charge in [0.1, 0.15) is 11.9 Å². The van der Waals surface area contributed by atoms with E-state index in [1.165, 1.54) is 24.3 Å². The fraction of sp³-hybridized carbons (Fsp3) is 0.154. The van der Waals surface area contributed by atoms with Crippen molar-refractivity contribution in [2.75, 3.05) is 0 Å². The van der Waals surface area contributed by atoms with E-state index in [4.69, 9.17) is 9.52 Å². The van der Waals surface area contributed by atoms with Gasteiger partial charge >= 0.3 is 5.97 Å². The van der Waals surface area contributed by atoms with E-state index >= 15 is 0 Å². The van der Waals surface area contributed by atoms with Crippen molar-refractivity contribution in [1.29, 1.82) is 0 Å². The van der Waals surface area contributed by atoms with E-state index in [9.17, 15) is 18.7 Å². The van der Waals surface area contributed by atoms with Crippen LogP contribution in [0.2, 0.25) is 0 Å². The lowest BCUT2D eigenvalue weighted by Gasteiger charge is -2.08. The van der Waals surface area contributed by atoms with Crippen LogP contribution in [0.25, 0.3) is 0 Å². The van der Waals surface area contributed by atoms with E-state index in [0.717, 1.165) is 6.07 Å². The Balaban J connectivity index is 2.18. The minimum absolute atomic E-state index is 0.0129. The molecule has 1 unspecified atom stereocenters. The van der Waals surface area contributed by atoms with Crippen LogP contribution in [0.3, 0.4) is 0 Å². The van der Waals surface area contributed by atoms with Gasteiger partial charge in [0, 0.05) is 6.42 Å². The van der Waals surface area contributed by atoms with Crippen LogP contribution in [-0.2, 0) is 6.42 Å². The van der Waals surface area contributed by atoms with Gasteiger partial charge in [0.2, 0.25) is 5.76 Å². The van der Waals surface area contributed by atoms with Crippen LogP contribution in [0.4, 0.5) is 8.78 Å². The first-order valence-corrected chi connectivity index (χ1v) is 5.43. The number of hydrogen-bond acceptors (Lipinski definition) is 3. The van der Waals surface area contributed by atoms with Crippen LogP contribution in [-0.4, -0.2) is 16.2 Å². The van der Waals surface area contributed by atoms with Crippen LogP contribution < -0.4 is 0 Å². The van der Waals surface area contributed by atoms with Gasteiger partial charge in [-0.05, 0) is 23.8 Å². The highest BCUT2D eigenvalue weighted by Crippen LogP contribution is 2.23. The Bertz CT molecular complexity index is 606. The molecule has 100 valence electrons. The molecule has 0 saturated heterocycles. The molecule has 0 radical (unpaired) electrons. The number of carboxylic acid groups (broad SMARTS) is 1. The third-order valence-corrected chi connectivity index (χ3v) is 2.61. The molecule has 0 bridgehead atoms. The number of hydrogen-bond donors (Lipinski definition) is 2. The summed E-state index contributed by atoms with van der Waals surface area (Å²) in [5.74, 6) is -3.65. The van der Waals surface area contributed by atoms with Crippen LogP contribution >= 0.6 is 0 Å². The number of rotatable bonds is 4. The van der Waals surface area contributed by atoms with Crippen molar-refractivity contribution in [2.24, 2.45) is 0 Å². The summed E-state index contributed by atoms with van der Waals surface area (Å²) in [6.07, 6.45) is -1.46. The fourth-order valence-corrected chi connectivity index (χ4v) is 1.66. The lowest BCUT2D eigenvalue weighted by atomic mass is 10.1. The summed E-state index contributed by atoms with van der Waals surface area (Å²) in [4.78, 5) is 10.6. The molecule has 0 spiro atoms. The van der Waals surface area contributed by atoms with Crippen LogP contribution in [0.15, 0.2) is 34.7 Å². The first kappa shape index (κ1) is 13.2. The maximum absolute atomic E-state index is 13.4. The predicted molar refractivity (Wildman–Crippen MR) is 60.7 cm³/mol. The van der Waals surface area contributed by atoms with E-state index < -0.39 is 23.7 Å². The summed E-state index contributed by atoms with van der Waals surface area (Å²) in [5, 5.41) is 18.5. The zero-order valence-corrected chi connectivity index (χ0v) is 9.64. The van der Waals surface area contributed by atoms with Crippen molar-refractivity contribution < 1.29 is 28.2 Å². The lowest BCUT2D eigenvalue weighted by Crippen LogP contribution is -2.04. The van der Waals surface area contributed by atoms with E-state index in [1.54, 1.807) is 0 Å². The molecule has 2 rings (SSSR count). The summed E-state index contributed by atoms with van der Waals surface area (Å²) in [7, 11) is 0. The van der Waals surface area contributed by atoms with E-state index in [0.29, 0.717) is 0 Å². The standard InChI is InChI=1S/C13H10F2O4/c14-8-3-1-2-7(12(8)15)6-9(16)10-4-5-11(19-10)13(17)18/h1-5,9,16H,6H2,(H,17,18). The van der Waals surface area contributed by atoms with Gasteiger partial charge < -0.3 is 14.6 Å². The van der Waals surface area contributed by atoms with Crippen molar-refractivity contribution in [1.82, 2.24) is 0 Å². The van der Waals surface area contributed by atoms with Gasteiger partial charge in [-0.15, -0.1) is 0 Å². The quantitative estimate of drug-likeness (QED) is 0.893. The number of carboxylic acids is 1. The predicted octanol–water partition coefficient (Wildman–Crippen LogP) is 2.53. The molecule has 0 saturated carbocycles. The second kappa shape index (κ2) is 5.19. The maximum atomic E-state index is 13.4. The molecule has 0 fully saturated rings. The average Bonchev–Trinajstić information content (AvgIpc) is 2.84. The van der Waals surface area contributed by atoms with E-state index in [1.807, 2.05) is 0 Å². The number of carbonyl (C=O) groups is 1. The van der Waals surface area contributed by atoms with Crippen molar-refractivity contribution in [3.63, 3.8) is 0 Å². The number of aromatic carboxylic acids is 1. The summed E-state index contributed by atoms with van der Waals surface area (Å²) in [5.41, 5.74) is -0.0132. The number of furan rings is 1. The van der Waals surface area contributed by atoms with Gasteiger partial charge in [-0.25, -0.2) is 13.6 Å². The zero-order chi connectivity index (χ0) is 14.0. The zero-order valence-electron chi connectivity index (χ0n) is 9.64. The third-order valence-electron chi connectivity index (χ3n) is 2.61. The molecular weight excluding hydrogens is 258 g/mol. The third kappa shape index (κ3) is 2.79. The molecule has 1 aromatic heterocycles. The molecule has 1 atom stereocenters. The largest absolute Gasteiger partial charge is 0.475 e. The maximum Gasteiger partial charge on any atom is 0.371 e. The topological polar surface area (TPSA) is 70.7 Å². The molecule has 0 amide bonds. The molecule has 0 aliphatic heterocycles. The van der Waals surface area contributed by atoms with Crippen LogP contribution in [0.1, 0.15) is 28.0 Å². The molecule has 1 heterocycles. The average molecular weight is 268 g/mol. The van der Waals surface area contributed by atoms with E-state index in [-0.39, 0.29) is 23.5 Å². The molecule has 19 heavy (non-hydrogen) atoms. The first-order valence-electron chi connectivity index (χ1n) is 5.43. The van der Waals surface area contributed by atoms with Gasteiger partial charge in [0.15, 0.2) is 11.6 Å². The summed E-state index contributed by atoms with van der Waals surface area (Å²) in [6.45, 7) is 0. The Morgan fingerprint density at radius 3 is 2.63 bits per heavy atom. The summed E-state index contributed by atoms with van der Waals surface area (Å²) in [6, 6.07) is 6.10. The Morgan fingerprint density at radius 2 is 2.00 bits per heavy atom. The van der Waals surface area contributed by atoms with Crippen LogP contribution in [0, 0.1) is 11.6 Å². The second-order valence-electron chi connectivity index (χ2n) is 3.94. The Morgan fingerprint density at radius 1 is 1.26 bits per heavy atom. The normalized spacial score (nSPS) is 12.4. The van der Waals surface area contributed by atoms with Gasteiger partial charge in [-0.2, -0.15) is 0 Å². The minimum Gasteiger partial charge on any atom is -0.475 e. The van der Waals surface area contributed by atoms with Crippen molar-refractivity contribution in [2.45, 2.75) is 12.5 Å². The minimum atomic E-state index is -1.27. The highest BCUT2D eigenvalue weighted by molar-refractivity contribution is 5.84. The number of aliphatic hydroxyl groups is 1. The Hall–Kier alpha value is -2.21. The molecule has 4 nitrogen and oxygen atoms in total. The van der Waals surface area contributed by atoms with Crippen molar-refractivity contribution >= 4 is 5.97 Å². The Kier molecular flexibility index (Phi) is 3.62. The van der Waals surface area contributed by atoms with Gasteiger partial charge in [-0.1, -0.05) is 12.1 Å². The summed E-state index contributed by atoms with van der Waals surface area (Å²) >= 11 is 0. The highest BCUT2D eigenvalue weighted by Gasteiger charge is 2.18. The molecular formula is C13H10F2O4. The molecule has 1 aromatic carbocycles. The second-order valence-corrected chi connectivity index (χ2v) is 3.94. The molecule has 2 aromatic rings. The SMILES string of the molecule is O=C(O)c1ccc(C(O)Cc2cccc(F)c2F)o1. The molecule has 0 aliphatic rings. The van der Waals surface area contributed by atoms with Crippen molar-refractivity contribution in [3.8, 4) is 0 Å². The van der Waals surface area contributed by atoms with Crippen LogP contribution in [0.5, 0.6) is 0 Å². The fourth-order valence-electron chi connectivity index (χ4n) is 1.66. The highest BCUT2D eigenvalue weighted by atomic mass is 19.2. The van der Waals surface area contributed by atoms with E-state index in [2.05, 4.69) is 0 Å². The van der Waals surface area contributed by atoms with Gasteiger partial charge in [0.05, 0.1) is 0 Å². The number of halogens is 2. The lowest BCUT2D eigenvalue weighted by molar-refractivity contribution is 0.0651. The number of aliphatic hydroxyl groups excluding tert-OH is 1. The number of benzene rings is 1. The molecule has 2 N–H and O–H groups in total. The smallest absolute Gasteiger partial charge is 0.371 e. The summed E-state index contributed by atoms with van der Waals surface area (Å²) < 4.78 is 31.3. The van der Waals surface area contributed by atoms with Gasteiger partial charge in [0.25, 0.3) is 0 Å². The Labute approximate surface area is 106 Å². The monoisotopic (exact) mass is 268 g/mol. The van der Waals surface area contributed by atoms with Crippen molar-refractivity contribution in [3.05, 3.63) is 59.1 Å². The first-order chi connectivity index (χ1) is 8.99. The molecule has 6 heteroatoms. The molecule has 0 aliphatic carbocycles.